The Morgan fingerprint density at radius 3 is 2.20 bits per heavy atom. The second-order valence-corrected chi connectivity index (χ2v) is 5.67. The summed E-state index contributed by atoms with van der Waals surface area (Å²) in [6.07, 6.45) is 1.89. The number of nitrogens with zero attached hydrogens (tertiary/aromatic N) is 1. The zero-order valence-corrected chi connectivity index (χ0v) is 15.4. The van der Waals surface area contributed by atoms with Gasteiger partial charge in [-0.25, -0.2) is 4.99 Å². The number of hydrogen-bond donors (Lipinski definition) is 2. The third kappa shape index (κ3) is 4.66. The Morgan fingerprint density at radius 1 is 1.00 bits per heavy atom. The first kappa shape index (κ1) is 18.6. The maximum Gasteiger partial charge on any atom is 0.193 e. The first-order valence-electron chi connectivity index (χ1n) is 8.51. The predicted octanol–water partition coefficient (Wildman–Crippen LogP) is 3.76. The summed E-state index contributed by atoms with van der Waals surface area (Å²) in [5, 5.41) is 3.27. The number of anilines is 1. The Kier molecular flexibility index (Phi) is 6.69. The molecule has 134 valence electrons. The van der Waals surface area contributed by atoms with Crippen LogP contribution in [0.4, 0.5) is 5.69 Å². The topological polar surface area (TPSA) is 68.9 Å². The van der Waals surface area contributed by atoms with Crippen molar-refractivity contribution in [1.82, 2.24) is 0 Å². The molecule has 2 aromatic carbocycles. The van der Waals surface area contributed by atoms with Crippen molar-refractivity contribution in [3.05, 3.63) is 53.1 Å². The SMILES string of the molecule is CCc1cccc(CC)c1NC(N)=NCc1ccc(OC)c(OC)c1. The molecule has 3 N–H and O–H groups in total. The maximum absolute atomic E-state index is 6.11. The number of hydrogen-bond acceptors (Lipinski definition) is 3. The number of aryl methyl sites for hydroxylation is 2. The number of rotatable bonds is 7. The molecule has 0 bridgehead atoms. The predicted molar refractivity (Wildman–Crippen MR) is 104 cm³/mol. The number of aliphatic imine (C=N–C) groups is 1. The van der Waals surface area contributed by atoms with Crippen molar-refractivity contribution < 1.29 is 9.47 Å². The van der Waals surface area contributed by atoms with Crippen LogP contribution in [0.25, 0.3) is 0 Å². The summed E-state index contributed by atoms with van der Waals surface area (Å²) in [7, 11) is 3.24. The van der Waals surface area contributed by atoms with Gasteiger partial charge >= 0.3 is 0 Å². The van der Waals surface area contributed by atoms with Gasteiger partial charge in [-0.05, 0) is 41.7 Å². The molecular formula is C20H27N3O2. The fourth-order valence-corrected chi connectivity index (χ4v) is 2.73. The number of nitrogens with two attached hydrogens (primary N) is 1. The van der Waals surface area contributed by atoms with Crippen LogP contribution in [0.1, 0.15) is 30.5 Å². The van der Waals surface area contributed by atoms with Crippen LogP contribution in [0.2, 0.25) is 0 Å². The lowest BCUT2D eigenvalue weighted by molar-refractivity contribution is 0.354. The number of ether oxygens (including phenoxy) is 2. The summed E-state index contributed by atoms with van der Waals surface area (Å²) in [5.41, 5.74) is 10.7. The average Bonchev–Trinajstić information content (AvgIpc) is 2.66. The van der Waals surface area contributed by atoms with Crippen molar-refractivity contribution in [3.63, 3.8) is 0 Å². The fourth-order valence-electron chi connectivity index (χ4n) is 2.73. The van der Waals surface area contributed by atoms with E-state index in [0.717, 1.165) is 24.1 Å². The van der Waals surface area contributed by atoms with Crippen molar-refractivity contribution in [2.75, 3.05) is 19.5 Å². The molecule has 0 atom stereocenters. The van der Waals surface area contributed by atoms with E-state index in [1.54, 1.807) is 14.2 Å². The second-order valence-electron chi connectivity index (χ2n) is 5.67. The highest BCUT2D eigenvalue weighted by atomic mass is 16.5. The molecule has 0 radical (unpaired) electrons. The molecule has 0 saturated carbocycles. The number of benzene rings is 2. The van der Waals surface area contributed by atoms with Crippen molar-refractivity contribution in [2.24, 2.45) is 10.7 Å². The number of methoxy groups -OCH3 is 2. The lowest BCUT2D eigenvalue weighted by Crippen LogP contribution is -2.24. The van der Waals surface area contributed by atoms with Crippen molar-refractivity contribution in [3.8, 4) is 11.5 Å². The van der Waals surface area contributed by atoms with Crippen LogP contribution in [0.5, 0.6) is 11.5 Å². The summed E-state index contributed by atoms with van der Waals surface area (Å²) in [6, 6.07) is 12.0. The van der Waals surface area contributed by atoms with E-state index in [2.05, 4.69) is 42.4 Å². The molecule has 0 aromatic heterocycles. The number of para-hydroxylation sites is 1. The van der Waals surface area contributed by atoms with Gasteiger partial charge in [0.1, 0.15) is 0 Å². The smallest absolute Gasteiger partial charge is 0.193 e. The molecule has 0 heterocycles. The molecular weight excluding hydrogens is 314 g/mol. The van der Waals surface area contributed by atoms with Crippen LogP contribution in [-0.2, 0) is 19.4 Å². The second kappa shape index (κ2) is 8.97. The lowest BCUT2D eigenvalue weighted by Gasteiger charge is -2.15. The molecule has 5 nitrogen and oxygen atoms in total. The third-order valence-corrected chi connectivity index (χ3v) is 4.13. The fraction of sp³-hybridized carbons (Fsp3) is 0.350. The molecule has 0 amide bonds. The molecule has 25 heavy (non-hydrogen) atoms. The van der Waals surface area contributed by atoms with Crippen molar-refractivity contribution in [1.29, 1.82) is 0 Å². The van der Waals surface area contributed by atoms with Gasteiger partial charge in [-0.1, -0.05) is 38.1 Å². The molecule has 0 unspecified atom stereocenters. The van der Waals surface area contributed by atoms with Gasteiger partial charge in [0.2, 0.25) is 0 Å². The summed E-state index contributed by atoms with van der Waals surface area (Å²) in [4.78, 5) is 4.46. The van der Waals surface area contributed by atoms with Crippen LogP contribution in [0, 0.1) is 0 Å². The molecule has 0 fully saturated rings. The van der Waals surface area contributed by atoms with E-state index in [4.69, 9.17) is 15.2 Å². The zero-order valence-electron chi connectivity index (χ0n) is 15.4. The van der Waals surface area contributed by atoms with E-state index in [0.29, 0.717) is 24.0 Å². The normalized spacial score (nSPS) is 11.3. The van der Waals surface area contributed by atoms with Gasteiger partial charge in [-0.15, -0.1) is 0 Å². The minimum absolute atomic E-state index is 0.408. The van der Waals surface area contributed by atoms with Gasteiger partial charge in [0.05, 0.1) is 20.8 Å². The minimum atomic E-state index is 0.408. The first-order valence-corrected chi connectivity index (χ1v) is 8.51. The Morgan fingerprint density at radius 2 is 1.64 bits per heavy atom. The van der Waals surface area contributed by atoms with E-state index in [1.165, 1.54) is 11.1 Å². The molecule has 0 aliphatic heterocycles. The van der Waals surface area contributed by atoms with Crippen LogP contribution in [0.15, 0.2) is 41.4 Å². The first-order chi connectivity index (χ1) is 12.1. The van der Waals surface area contributed by atoms with Crippen molar-refractivity contribution >= 4 is 11.6 Å². The van der Waals surface area contributed by atoms with Gasteiger partial charge in [0.25, 0.3) is 0 Å². The number of nitrogens with one attached hydrogen (secondary N) is 1. The quantitative estimate of drug-likeness (QED) is 0.594. The van der Waals surface area contributed by atoms with Crippen LogP contribution in [0.3, 0.4) is 0 Å². The maximum atomic E-state index is 6.11. The summed E-state index contributed by atoms with van der Waals surface area (Å²) in [6.45, 7) is 4.74. The van der Waals surface area contributed by atoms with Crippen LogP contribution in [-0.4, -0.2) is 20.2 Å². The van der Waals surface area contributed by atoms with Crippen LogP contribution < -0.4 is 20.5 Å². The largest absolute Gasteiger partial charge is 0.493 e. The highest BCUT2D eigenvalue weighted by molar-refractivity contribution is 5.93. The molecule has 0 spiro atoms. The standard InChI is InChI=1S/C20H27N3O2/c1-5-15-8-7-9-16(6-2)19(15)23-20(21)22-13-14-10-11-17(24-3)18(12-14)25-4/h7-12H,5-6,13H2,1-4H3,(H3,21,22,23). The zero-order chi connectivity index (χ0) is 18.2. The molecule has 2 aromatic rings. The van der Waals surface area contributed by atoms with Gasteiger partial charge in [0, 0.05) is 5.69 Å². The molecule has 0 saturated heterocycles. The number of guanidine groups is 1. The van der Waals surface area contributed by atoms with E-state index in [9.17, 15) is 0 Å². The van der Waals surface area contributed by atoms with E-state index in [1.807, 2.05) is 18.2 Å². The average molecular weight is 341 g/mol. The Balaban J connectivity index is 2.15. The van der Waals surface area contributed by atoms with Gasteiger partial charge in [-0.2, -0.15) is 0 Å². The van der Waals surface area contributed by atoms with E-state index < -0.39 is 0 Å². The third-order valence-electron chi connectivity index (χ3n) is 4.13. The summed E-state index contributed by atoms with van der Waals surface area (Å²) < 4.78 is 10.6. The highest BCUT2D eigenvalue weighted by Crippen LogP contribution is 2.28. The molecule has 0 aliphatic rings. The van der Waals surface area contributed by atoms with Gasteiger partial charge in [0.15, 0.2) is 17.5 Å². The summed E-state index contributed by atoms with van der Waals surface area (Å²) >= 11 is 0. The molecule has 5 heteroatoms. The lowest BCUT2D eigenvalue weighted by atomic mass is 10.0. The van der Waals surface area contributed by atoms with E-state index in [-0.39, 0.29) is 0 Å². The highest BCUT2D eigenvalue weighted by Gasteiger charge is 2.08. The van der Waals surface area contributed by atoms with Gasteiger partial charge in [-0.3, -0.25) is 0 Å². The molecule has 0 aliphatic carbocycles. The monoisotopic (exact) mass is 341 g/mol. The van der Waals surface area contributed by atoms with Crippen molar-refractivity contribution in [2.45, 2.75) is 33.2 Å². The Labute approximate surface area is 149 Å². The Bertz CT molecular complexity index is 719. The minimum Gasteiger partial charge on any atom is -0.493 e. The van der Waals surface area contributed by atoms with E-state index >= 15 is 0 Å². The molecule has 2 rings (SSSR count). The van der Waals surface area contributed by atoms with Gasteiger partial charge < -0.3 is 20.5 Å². The Hall–Kier alpha value is -2.69. The summed E-state index contributed by atoms with van der Waals surface area (Å²) in [5.74, 6) is 1.79. The van der Waals surface area contributed by atoms with Crippen LogP contribution >= 0.6 is 0 Å².